The molecule has 182 valence electrons. The molecule has 1 atom stereocenters. The molecule has 6 nitrogen and oxygen atoms in total. The topological polar surface area (TPSA) is 55.3 Å². The number of rotatable bonds is 8. The quantitative estimate of drug-likeness (QED) is 0.282. The zero-order valence-electron chi connectivity index (χ0n) is 18.4. The number of alkyl halides is 2. The summed E-state index contributed by atoms with van der Waals surface area (Å²) in [5, 5.41) is 3.20. The van der Waals surface area contributed by atoms with E-state index in [9.17, 15) is 13.2 Å². The minimum Gasteiger partial charge on any atom is -0.434 e. The zero-order chi connectivity index (χ0) is 22.1. The summed E-state index contributed by atoms with van der Waals surface area (Å²) >= 11 is 0. The number of ether oxygens (including phenoxy) is 3. The van der Waals surface area contributed by atoms with Crippen molar-refractivity contribution in [1.29, 1.82) is 0 Å². The van der Waals surface area contributed by atoms with E-state index < -0.39 is 12.4 Å². The summed E-state index contributed by atoms with van der Waals surface area (Å²) in [6.07, 6.45) is 5.49. The molecule has 2 aliphatic heterocycles. The van der Waals surface area contributed by atoms with E-state index >= 15 is 0 Å². The van der Waals surface area contributed by atoms with Gasteiger partial charge in [-0.15, -0.1) is 24.0 Å². The number of likely N-dealkylation sites (tertiary alicyclic amines) is 1. The Labute approximate surface area is 204 Å². The third-order valence-corrected chi connectivity index (χ3v) is 5.55. The van der Waals surface area contributed by atoms with Crippen LogP contribution in [0.5, 0.6) is 5.75 Å². The molecule has 1 aromatic carbocycles. The first-order valence-corrected chi connectivity index (χ1v) is 11.1. The number of nitrogens with zero attached hydrogens (tertiary/aromatic N) is 2. The van der Waals surface area contributed by atoms with Gasteiger partial charge in [-0.05, 0) is 51.2 Å². The van der Waals surface area contributed by atoms with Crippen LogP contribution in [-0.2, 0) is 16.0 Å². The van der Waals surface area contributed by atoms with E-state index in [4.69, 9.17) is 9.47 Å². The molecule has 0 spiro atoms. The van der Waals surface area contributed by atoms with Crippen molar-refractivity contribution in [2.75, 3.05) is 32.8 Å². The van der Waals surface area contributed by atoms with Gasteiger partial charge in [-0.25, -0.2) is 9.38 Å². The Morgan fingerprint density at radius 1 is 1.25 bits per heavy atom. The van der Waals surface area contributed by atoms with Gasteiger partial charge in [0.25, 0.3) is 0 Å². The summed E-state index contributed by atoms with van der Waals surface area (Å²) in [5.74, 6) is -0.177. The molecule has 2 fully saturated rings. The first-order chi connectivity index (χ1) is 15.1. The maximum atomic E-state index is 14.2. The number of nitrogens with one attached hydrogen (secondary N) is 1. The number of guanidine groups is 1. The molecule has 1 N–H and O–H groups in total. The molecule has 3 rings (SSSR count). The lowest BCUT2D eigenvalue weighted by Gasteiger charge is -2.35. The number of hydrogen-bond donors (Lipinski definition) is 1. The fourth-order valence-electron chi connectivity index (χ4n) is 3.89. The van der Waals surface area contributed by atoms with Crippen molar-refractivity contribution in [2.24, 2.45) is 4.99 Å². The number of piperidine rings is 1. The van der Waals surface area contributed by atoms with Crippen molar-refractivity contribution in [1.82, 2.24) is 10.2 Å². The van der Waals surface area contributed by atoms with Crippen LogP contribution in [0.3, 0.4) is 0 Å². The van der Waals surface area contributed by atoms with Crippen LogP contribution in [0.15, 0.2) is 23.2 Å². The zero-order valence-corrected chi connectivity index (χ0v) is 20.7. The molecule has 1 unspecified atom stereocenters. The van der Waals surface area contributed by atoms with Gasteiger partial charge in [-0.3, -0.25) is 0 Å². The number of aliphatic imine (C=N–C) groups is 1. The second-order valence-electron chi connectivity index (χ2n) is 7.77. The minimum absolute atomic E-state index is 0. The van der Waals surface area contributed by atoms with Crippen molar-refractivity contribution in [2.45, 2.75) is 64.4 Å². The van der Waals surface area contributed by atoms with Gasteiger partial charge in [0.2, 0.25) is 0 Å². The molecule has 2 saturated heterocycles. The lowest BCUT2D eigenvalue weighted by atomic mass is 10.1. The van der Waals surface area contributed by atoms with Crippen LogP contribution in [-0.4, -0.2) is 62.5 Å². The summed E-state index contributed by atoms with van der Waals surface area (Å²) in [5.41, 5.74) is 0.0175. The number of benzene rings is 1. The van der Waals surface area contributed by atoms with Crippen LogP contribution in [0.1, 0.15) is 44.6 Å². The van der Waals surface area contributed by atoms with Crippen molar-refractivity contribution in [3.8, 4) is 5.75 Å². The molecular formula is C22H33F3IN3O3. The molecule has 0 bridgehead atoms. The minimum atomic E-state index is -3.02. The van der Waals surface area contributed by atoms with Gasteiger partial charge in [-0.1, -0.05) is 6.07 Å². The Kier molecular flexibility index (Phi) is 11.9. The highest BCUT2D eigenvalue weighted by Crippen LogP contribution is 2.24. The Morgan fingerprint density at radius 3 is 2.69 bits per heavy atom. The fraction of sp³-hybridized carbons (Fsp3) is 0.682. The van der Waals surface area contributed by atoms with Crippen LogP contribution in [0, 0.1) is 5.82 Å². The monoisotopic (exact) mass is 571 g/mol. The lowest BCUT2D eigenvalue weighted by Crippen LogP contribution is -2.47. The van der Waals surface area contributed by atoms with Gasteiger partial charge in [0.1, 0.15) is 11.6 Å². The van der Waals surface area contributed by atoms with Crippen molar-refractivity contribution in [3.05, 3.63) is 29.6 Å². The maximum Gasteiger partial charge on any atom is 0.387 e. The first-order valence-electron chi connectivity index (χ1n) is 11.1. The summed E-state index contributed by atoms with van der Waals surface area (Å²) in [4.78, 5) is 6.58. The van der Waals surface area contributed by atoms with Crippen LogP contribution in [0.4, 0.5) is 13.2 Å². The summed E-state index contributed by atoms with van der Waals surface area (Å²) < 4.78 is 55.7. The van der Waals surface area contributed by atoms with Crippen LogP contribution < -0.4 is 10.1 Å². The van der Waals surface area contributed by atoms with E-state index in [2.05, 4.69) is 19.9 Å². The molecule has 2 heterocycles. The Morgan fingerprint density at radius 2 is 2.03 bits per heavy atom. The molecule has 1 aromatic rings. The predicted octanol–water partition coefficient (Wildman–Crippen LogP) is 4.56. The highest BCUT2D eigenvalue weighted by atomic mass is 127. The number of hydrogen-bond acceptors (Lipinski definition) is 4. The lowest BCUT2D eigenvalue weighted by molar-refractivity contribution is -0.0721. The van der Waals surface area contributed by atoms with E-state index in [0.717, 1.165) is 45.4 Å². The van der Waals surface area contributed by atoms with Crippen LogP contribution >= 0.6 is 24.0 Å². The summed E-state index contributed by atoms with van der Waals surface area (Å²) in [6.45, 7) is 2.44. The molecule has 10 heteroatoms. The van der Waals surface area contributed by atoms with Gasteiger partial charge in [-0.2, -0.15) is 8.78 Å². The van der Waals surface area contributed by atoms with Crippen molar-refractivity contribution < 1.29 is 27.4 Å². The highest BCUT2D eigenvalue weighted by molar-refractivity contribution is 14.0. The van der Waals surface area contributed by atoms with Gasteiger partial charge in [0.15, 0.2) is 5.96 Å². The predicted molar refractivity (Wildman–Crippen MR) is 127 cm³/mol. The molecular weight excluding hydrogens is 538 g/mol. The van der Waals surface area contributed by atoms with Gasteiger partial charge in [0, 0.05) is 26.2 Å². The second kappa shape index (κ2) is 14.1. The largest absolute Gasteiger partial charge is 0.434 e. The van der Waals surface area contributed by atoms with Crippen molar-refractivity contribution in [3.63, 3.8) is 0 Å². The molecule has 0 aliphatic carbocycles. The van der Waals surface area contributed by atoms with Gasteiger partial charge in [0.05, 0.1) is 30.9 Å². The van der Waals surface area contributed by atoms with E-state index in [1.807, 2.05) is 6.92 Å². The molecule has 2 aliphatic rings. The summed E-state index contributed by atoms with van der Waals surface area (Å²) in [6, 6.07) is 3.88. The second-order valence-corrected chi connectivity index (χ2v) is 7.77. The fourth-order valence-corrected chi connectivity index (χ4v) is 3.89. The van der Waals surface area contributed by atoms with E-state index in [1.54, 1.807) is 0 Å². The molecule has 0 aromatic heterocycles. The highest BCUT2D eigenvalue weighted by Gasteiger charge is 2.24. The van der Waals surface area contributed by atoms with Gasteiger partial charge < -0.3 is 24.4 Å². The van der Waals surface area contributed by atoms with E-state index in [1.165, 1.54) is 24.6 Å². The third kappa shape index (κ3) is 8.26. The number of halogens is 4. The third-order valence-electron chi connectivity index (χ3n) is 5.55. The molecule has 32 heavy (non-hydrogen) atoms. The molecule has 0 amide bonds. The summed E-state index contributed by atoms with van der Waals surface area (Å²) in [7, 11) is 0. The van der Waals surface area contributed by atoms with E-state index in [-0.39, 0.29) is 54.0 Å². The SMILES string of the molecule is CCNC(=NCc1c(F)cccc1OC(F)F)N1CCC(OCC2CCCCO2)CC1.I. The molecule has 0 radical (unpaired) electrons. The van der Waals surface area contributed by atoms with Crippen molar-refractivity contribution >= 4 is 29.9 Å². The maximum absolute atomic E-state index is 14.2. The van der Waals surface area contributed by atoms with Crippen LogP contribution in [0.25, 0.3) is 0 Å². The normalized spacial score (nSPS) is 20.2. The Balaban J connectivity index is 0.00000363. The standard InChI is InChI=1S/C22H32F3N3O3.HI/c1-2-26-22(27-14-18-19(23)7-5-8-20(18)31-21(24)25)28-11-9-16(10-12-28)30-15-17-6-3-4-13-29-17;/h5,7-8,16-17,21H,2-4,6,9-15H2,1H3,(H,26,27);1H. The first kappa shape index (κ1) is 27.0. The molecule has 0 saturated carbocycles. The van der Waals surface area contributed by atoms with Gasteiger partial charge >= 0.3 is 6.61 Å². The average Bonchev–Trinajstić information content (AvgIpc) is 2.77. The van der Waals surface area contributed by atoms with E-state index in [0.29, 0.717) is 19.1 Å². The average molecular weight is 571 g/mol. The Hall–Kier alpha value is -1.27. The Bertz CT molecular complexity index is 713. The smallest absolute Gasteiger partial charge is 0.387 e. The van der Waals surface area contributed by atoms with Crippen LogP contribution in [0.2, 0.25) is 0 Å².